The van der Waals surface area contributed by atoms with Crippen molar-refractivity contribution in [2.45, 2.75) is 32.6 Å². The summed E-state index contributed by atoms with van der Waals surface area (Å²) >= 11 is 0. The molecule has 0 amide bonds. The van der Waals surface area contributed by atoms with E-state index >= 15 is 0 Å². The summed E-state index contributed by atoms with van der Waals surface area (Å²) in [7, 11) is 1.33. The molecule has 0 radical (unpaired) electrons. The predicted molar refractivity (Wildman–Crippen MR) is 85.0 cm³/mol. The van der Waals surface area contributed by atoms with Crippen LogP contribution in [0.4, 0.5) is 4.39 Å². The van der Waals surface area contributed by atoms with Gasteiger partial charge in [0.25, 0.3) is 0 Å². The highest BCUT2D eigenvalue weighted by Crippen LogP contribution is 2.43. The minimum absolute atomic E-state index is 0.223. The topological polar surface area (TPSA) is 43.1 Å². The number of hydrogen-bond acceptors (Lipinski definition) is 2. The average molecular weight is 303 g/mol. The minimum atomic E-state index is -1.16. The van der Waals surface area contributed by atoms with Crippen LogP contribution >= 0.6 is 9.24 Å². The third-order valence-corrected chi connectivity index (χ3v) is 5.42. The Morgan fingerprint density at radius 3 is 2.84 bits per heavy atom. The van der Waals surface area contributed by atoms with Gasteiger partial charge in [-0.25, -0.2) is 4.39 Å². The first-order chi connectivity index (χ1) is 8.86. The Balaban J connectivity index is 3.29. The largest absolute Gasteiger partial charge is 0.314 e. The van der Waals surface area contributed by atoms with Crippen molar-refractivity contribution in [3.05, 3.63) is 35.2 Å². The van der Waals surface area contributed by atoms with Gasteiger partial charge in [0, 0.05) is 22.0 Å². The molecule has 1 rings (SSSR count). The molecule has 5 heteroatoms. The molecule has 0 aromatic heterocycles. The fourth-order valence-corrected chi connectivity index (χ4v) is 4.00. The molecule has 19 heavy (non-hydrogen) atoms. The van der Waals surface area contributed by atoms with Gasteiger partial charge in [-0.1, -0.05) is 31.6 Å². The van der Waals surface area contributed by atoms with Gasteiger partial charge in [0.1, 0.15) is 5.83 Å². The number of nitrogens with two attached hydrogens (primary N) is 1. The third-order valence-electron chi connectivity index (χ3n) is 3.58. The zero-order valence-corrected chi connectivity index (χ0v) is 13.8. The molecule has 0 aromatic rings. The summed E-state index contributed by atoms with van der Waals surface area (Å²) < 4.78 is 26.3. The van der Waals surface area contributed by atoms with Crippen molar-refractivity contribution in [2.75, 3.05) is 11.9 Å². The molecule has 1 aliphatic rings. The van der Waals surface area contributed by atoms with Crippen LogP contribution in [-0.2, 0) is 10.8 Å². The van der Waals surface area contributed by atoms with E-state index in [9.17, 15) is 8.60 Å². The Bertz CT molecular complexity index is 458. The van der Waals surface area contributed by atoms with Crippen LogP contribution < -0.4 is 5.73 Å². The number of allylic oxidation sites excluding steroid dienone is 5. The molecule has 0 spiro atoms. The lowest BCUT2D eigenvalue weighted by molar-refractivity contribution is 0.492. The lowest BCUT2D eigenvalue weighted by atomic mass is 9.76. The maximum Gasteiger partial charge on any atom is 0.123 e. The van der Waals surface area contributed by atoms with Gasteiger partial charge in [0.15, 0.2) is 0 Å². The molecular weight excluding hydrogens is 280 g/mol. The van der Waals surface area contributed by atoms with Crippen LogP contribution in [0.2, 0.25) is 0 Å². The van der Waals surface area contributed by atoms with E-state index in [0.717, 1.165) is 12.0 Å². The summed E-state index contributed by atoms with van der Waals surface area (Å²) in [5.74, 6) is 0.153. The van der Waals surface area contributed by atoms with E-state index in [1.807, 2.05) is 26.8 Å². The highest BCUT2D eigenvalue weighted by Gasteiger charge is 2.39. The van der Waals surface area contributed by atoms with Crippen LogP contribution in [0, 0.1) is 5.41 Å². The standard InChI is InChI=1S/C14H23FNOPS/c1-4-5-11(12(15)6-7-18)14(3)9-19(17)13(16)8-10(14)2/h5-6,8,13H,4,7,9,16,18H2,1-3H3. The van der Waals surface area contributed by atoms with Crippen LogP contribution in [0.15, 0.2) is 35.2 Å². The minimum Gasteiger partial charge on any atom is -0.314 e. The molecule has 0 aromatic carbocycles. The van der Waals surface area contributed by atoms with Crippen LogP contribution in [0.5, 0.6) is 0 Å². The number of hydrogen-bond donors (Lipinski definition) is 1. The highest BCUT2D eigenvalue weighted by atomic mass is 32.2. The quantitative estimate of drug-likeness (QED) is 0.493. The molecule has 0 saturated carbocycles. The van der Waals surface area contributed by atoms with Crippen LogP contribution in [-0.4, -0.2) is 21.5 Å². The molecule has 0 fully saturated rings. The van der Waals surface area contributed by atoms with Gasteiger partial charge in [0.2, 0.25) is 0 Å². The predicted octanol–water partition coefficient (Wildman–Crippen LogP) is 3.05. The first-order valence-corrected chi connectivity index (χ1v) is 8.65. The van der Waals surface area contributed by atoms with E-state index in [4.69, 9.17) is 5.73 Å². The van der Waals surface area contributed by atoms with Crippen LogP contribution in [0.3, 0.4) is 0 Å². The van der Waals surface area contributed by atoms with Crippen molar-refractivity contribution >= 4 is 20.0 Å². The van der Waals surface area contributed by atoms with E-state index in [1.54, 1.807) is 12.2 Å². The Labute approximate surface area is 120 Å². The van der Waals surface area contributed by atoms with Gasteiger partial charge >= 0.3 is 0 Å². The van der Waals surface area contributed by atoms with Crippen molar-refractivity contribution in [3.63, 3.8) is 0 Å². The molecule has 2 nitrogen and oxygen atoms in total. The normalized spacial score (nSPS) is 33.3. The fraction of sp³-hybridized carbons (Fsp3) is 0.571. The number of rotatable bonds is 4. The van der Waals surface area contributed by atoms with Crippen LogP contribution in [0.1, 0.15) is 27.2 Å². The molecule has 2 N–H and O–H groups in total. The summed E-state index contributed by atoms with van der Waals surface area (Å²) in [5, 5.41) is -0.440. The average Bonchev–Trinajstić information content (AvgIpc) is 2.33. The Morgan fingerprint density at radius 1 is 1.68 bits per heavy atom. The van der Waals surface area contributed by atoms with E-state index in [2.05, 4.69) is 9.24 Å². The summed E-state index contributed by atoms with van der Waals surface area (Å²) in [6.07, 6.45) is 6.54. The summed E-state index contributed by atoms with van der Waals surface area (Å²) in [4.78, 5) is 0. The molecule has 1 aliphatic heterocycles. The second kappa shape index (κ2) is 6.92. The maximum absolute atomic E-state index is 14.3. The molecule has 4 unspecified atom stereocenters. The maximum atomic E-state index is 14.3. The zero-order valence-electron chi connectivity index (χ0n) is 11.8. The molecule has 4 atom stereocenters. The SMILES string of the molecule is CCC=C(C(F)=CCP)C1(C)CS(=O)C(N)C=C1C. The van der Waals surface area contributed by atoms with Gasteiger partial charge in [-0.2, -0.15) is 0 Å². The monoisotopic (exact) mass is 303 g/mol. The van der Waals surface area contributed by atoms with Gasteiger partial charge in [-0.3, -0.25) is 4.21 Å². The number of halogens is 1. The lowest BCUT2D eigenvalue weighted by Gasteiger charge is -2.37. The van der Waals surface area contributed by atoms with Gasteiger partial charge in [0.05, 0.1) is 5.37 Å². The Hall–Kier alpha value is -0.310. The first-order valence-electron chi connectivity index (χ1n) is 6.45. The van der Waals surface area contributed by atoms with Crippen molar-refractivity contribution in [2.24, 2.45) is 11.1 Å². The van der Waals surface area contributed by atoms with Crippen molar-refractivity contribution in [3.8, 4) is 0 Å². The van der Waals surface area contributed by atoms with E-state index in [1.165, 1.54) is 0 Å². The molecule has 1 heterocycles. The molecular formula is C14H23FNOPS. The first kappa shape index (κ1) is 16.7. The molecule has 0 bridgehead atoms. The smallest absolute Gasteiger partial charge is 0.123 e. The highest BCUT2D eigenvalue weighted by molar-refractivity contribution is 7.85. The molecule has 108 valence electrons. The van der Waals surface area contributed by atoms with Gasteiger partial charge in [-0.15, -0.1) is 9.24 Å². The summed E-state index contributed by atoms with van der Waals surface area (Å²) in [6.45, 7) is 5.86. The molecule has 0 saturated heterocycles. The second-order valence-electron chi connectivity index (χ2n) is 4.99. The van der Waals surface area contributed by atoms with Gasteiger partial charge in [-0.05, 0) is 31.2 Å². The van der Waals surface area contributed by atoms with E-state index in [0.29, 0.717) is 17.5 Å². The van der Waals surface area contributed by atoms with E-state index < -0.39 is 21.6 Å². The Kier molecular flexibility index (Phi) is 6.10. The second-order valence-corrected chi connectivity index (χ2v) is 7.05. The van der Waals surface area contributed by atoms with Crippen LogP contribution in [0.25, 0.3) is 0 Å². The van der Waals surface area contributed by atoms with Crippen molar-refractivity contribution < 1.29 is 8.60 Å². The Morgan fingerprint density at radius 2 is 2.32 bits per heavy atom. The van der Waals surface area contributed by atoms with Crippen molar-refractivity contribution in [1.82, 2.24) is 0 Å². The summed E-state index contributed by atoms with van der Waals surface area (Å²) in [6, 6.07) is 0. The summed E-state index contributed by atoms with van der Waals surface area (Å²) in [5.41, 5.74) is 6.88. The van der Waals surface area contributed by atoms with E-state index in [-0.39, 0.29) is 5.83 Å². The zero-order chi connectivity index (χ0) is 14.6. The molecule has 0 aliphatic carbocycles. The van der Waals surface area contributed by atoms with Gasteiger partial charge < -0.3 is 5.73 Å². The third kappa shape index (κ3) is 3.62. The van der Waals surface area contributed by atoms with Crippen molar-refractivity contribution in [1.29, 1.82) is 0 Å². The fourth-order valence-electron chi connectivity index (χ4n) is 2.29. The lowest BCUT2D eigenvalue weighted by Crippen LogP contribution is -2.40.